The van der Waals surface area contributed by atoms with Crippen molar-refractivity contribution < 1.29 is 18.0 Å². The number of benzene rings is 3. The molecule has 0 unspecified atom stereocenters. The summed E-state index contributed by atoms with van der Waals surface area (Å²) in [5.41, 5.74) is 7.47. The van der Waals surface area contributed by atoms with Crippen LogP contribution in [0.5, 0.6) is 0 Å². The Bertz CT molecular complexity index is 1380. The fraction of sp³-hybridized carbons (Fsp3) is 0.222. The van der Waals surface area contributed by atoms with E-state index >= 15 is 0 Å². The first-order valence-electron chi connectivity index (χ1n) is 11.3. The van der Waals surface area contributed by atoms with Gasteiger partial charge in [-0.05, 0) is 80.8 Å². The molecule has 0 spiro atoms. The van der Waals surface area contributed by atoms with Crippen molar-refractivity contribution in [3.8, 4) is 0 Å². The highest BCUT2D eigenvalue weighted by atomic mass is 32.2. The minimum absolute atomic E-state index is 0.0963. The minimum Gasteiger partial charge on any atom is -0.326 e. The molecular weight excluding hydrogens is 476 g/mol. The third kappa shape index (κ3) is 6.79. The zero-order chi connectivity index (χ0) is 26.5. The van der Waals surface area contributed by atoms with Gasteiger partial charge in [-0.3, -0.25) is 13.9 Å². The van der Waals surface area contributed by atoms with E-state index in [9.17, 15) is 18.0 Å². The summed E-state index contributed by atoms with van der Waals surface area (Å²) in [5.74, 6) is -0.756. The summed E-state index contributed by atoms with van der Waals surface area (Å²) in [4.78, 5) is 24.1. The van der Waals surface area contributed by atoms with Gasteiger partial charge in [-0.1, -0.05) is 35.9 Å². The number of aryl methyl sites for hydroxylation is 3. The molecule has 0 heterocycles. The molecule has 2 amide bonds. The standard InChI is InChI=1S/C27H30N4O4S/c1-18-6-12-26(13-7-18)36(34,35)31(25-15-19(2)14-20(3)16-25)17-27(33)30-29-21(4)23-8-10-24(11-9-23)28-22(5)32/h6-16H,17H2,1-5H3,(H,28,32)(H,30,33)/b29-21-. The van der Waals surface area contributed by atoms with Gasteiger partial charge < -0.3 is 5.32 Å². The number of hydrogen-bond donors (Lipinski definition) is 2. The van der Waals surface area contributed by atoms with Crippen molar-refractivity contribution in [3.63, 3.8) is 0 Å². The highest BCUT2D eigenvalue weighted by molar-refractivity contribution is 7.92. The van der Waals surface area contributed by atoms with Gasteiger partial charge in [-0.25, -0.2) is 13.8 Å². The Morgan fingerprint density at radius 1 is 0.833 bits per heavy atom. The Labute approximate surface area is 212 Å². The first-order valence-corrected chi connectivity index (χ1v) is 12.8. The Morgan fingerprint density at radius 3 is 1.97 bits per heavy atom. The van der Waals surface area contributed by atoms with Crippen LogP contribution in [0.3, 0.4) is 0 Å². The molecule has 0 aromatic heterocycles. The molecule has 0 aliphatic heterocycles. The van der Waals surface area contributed by atoms with Gasteiger partial charge in [0, 0.05) is 12.6 Å². The third-order valence-corrected chi connectivity index (χ3v) is 7.15. The zero-order valence-corrected chi connectivity index (χ0v) is 21.8. The van der Waals surface area contributed by atoms with E-state index in [4.69, 9.17) is 0 Å². The first kappa shape index (κ1) is 26.6. The maximum atomic E-state index is 13.6. The SMILES string of the molecule is CC(=O)Nc1ccc(/C(C)=N\NC(=O)CN(c2cc(C)cc(C)c2)S(=O)(=O)c2ccc(C)cc2)cc1. The number of carbonyl (C=O) groups excluding carboxylic acids is 2. The van der Waals surface area contributed by atoms with Gasteiger partial charge in [-0.2, -0.15) is 5.10 Å². The average molecular weight is 507 g/mol. The summed E-state index contributed by atoms with van der Waals surface area (Å²) in [6, 6.07) is 18.9. The first-order chi connectivity index (χ1) is 17.0. The van der Waals surface area contributed by atoms with Crippen LogP contribution in [0, 0.1) is 20.8 Å². The molecular formula is C27H30N4O4S. The van der Waals surface area contributed by atoms with Gasteiger partial charge in [0.05, 0.1) is 16.3 Å². The van der Waals surface area contributed by atoms with Gasteiger partial charge in [0.25, 0.3) is 15.9 Å². The highest BCUT2D eigenvalue weighted by Gasteiger charge is 2.27. The number of nitrogens with one attached hydrogen (secondary N) is 2. The lowest BCUT2D eigenvalue weighted by Crippen LogP contribution is -2.39. The second-order valence-electron chi connectivity index (χ2n) is 8.66. The highest BCUT2D eigenvalue weighted by Crippen LogP contribution is 2.26. The quantitative estimate of drug-likeness (QED) is 0.351. The lowest BCUT2D eigenvalue weighted by Gasteiger charge is -2.24. The maximum Gasteiger partial charge on any atom is 0.264 e. The number of anilines is 2. The molecule has 3 aromatic rings. The fourth-order valence-electron chi connectivity index (χ4n) is 3.62. The second kappa shape index (κ2) is 11.2. The minimum atomic E-state index is -4.02. The normalized spacial score (nSPS) is 11.6. The van der Waals surface area contributed by atoms with Crippen molar-refractivity contribution in [2.45, 2.75) is 39.5 Å². The van der Waals surface area contributed by atoms with Gasteiger partial charge in [0.1, 0.15) is 6.54 Å². The van der Waals surface area contributed by atoms with Gasteiger partial charge in [-0.15, -0.1) is 0 Å². The average Bonchev–Trinajstić information content (AvgIpc) is 2.80. The molecule has 0 aliphatic carbocycles. The molecule has 0 bridgehead atoms. The van der Waals surface area contributed by atoms with Crippen LogP contribution in [0.2, 0.25) is 0 Å². The Balaban J connectivity index is 1.85. The smallest absolute Gasteiger partial charge is 0.264 e. The van der Waals surface area contributed by atoms with Crippen molar-refractivity contribution in [3.05, 3.63) is 89.0 Å². The topological polar surface area (TPSA) is 108 Å². The van der Waals surface area contributed by atoms with E-state index in [0.717, 1.165) is 26.6 Å². The van der Waals surface area contributed by atoms with Crippen LogP contribution in [0.25, 0.3) is 0 Å². The van der Waals surface area contributed by atoms with Crippen molar-refractivity contribution in [1.29, 1.82) is 0 Å². The van der Waals surface area contributed by atoms with Gasteiger partial charge >= 0.3 is 0 Å². The van der Waals surface area contributed by atoms with Crippen LogP contribution >= 0.6 is 0 Å². The second-order valence-corrected chi connectivity index (χ2v) is 10.5. The van der Waals surface area contributed by atoms with Crippen LogP contribution in [0.15, 0.2) is 76.7 Å². The number of carbonyl (C=O) groups is 2. The number of rotatable bonds is 8. The maximum absolute atomic E-state index is 13.6. The number of nitrogens with zero attached hydrogens (tertiary/aromatic N) is 2. The van der Waals surface area contributed by atoms with E-state index in [1.54, 1.807) is 55.5 Å². The van der Waals surface area contributed by atoms with Crippen LogP contribution in [-0.4, -0.2) is 32.5 Å². The number of amides is 2. The number of hydrazone groups is 1. The number of hydrogen-bond acceptors (Lipinski definition) is 5. The largest absolute Gasteiger partial charge is 0.326 e. The molecule has 8 nitrogen and oxygen atoms in total. The van der Waals surface area contributed by atoms with Crippen LogP contribution < -0.4 is 15.0 Å². The lowest BCUT2D eigenvalue weighted by atomic mass is 10.1. The molecule has 0 fully saturated rings. The van der Waals surface area contributed by atoms with Crippen molar-refractivity contribution in [2.24, 2.45) is 5.10 Å². The van der Waals surface area contributed by atoms with Crippen molar-refractivity contribution in [1.82, 2.24) is 5.43 Å². The summed E-state index contributed by atoms with van der Waals surface area (Å²) < 4.78 is 28.2. The van der Waals surface area contributed by atoms with Crippen LogP contribution in [0.1, 0.15) is 36.1 Å². The molecule has 188 valence electrons. The Hall–Kier alpha value is -3.98. The molecule has 36 heavy (non-hydrogen) atoms. The number of sulfonamides is 1. The molecule has 3 aromatic carbocycles. The van der Waals surface area contributed by atoms with Crippen molar-refractivity contribution >= 4 is 38.9 Å². The third-order valence-electron chi connectivity index (χ3n) is 5.36. The van der Waals surface area contributed by atoms with E-state index in [2.05, 4.69) is 15.8 Å². The Kier molecular flexibility index (Phi) is 8.26. The summed E-state index contributed by atoms with van der Waals surface area (Å²) in [7, 11) is -4.02. The van der Waals surface area contributed by atoms with Crippen LogP contribution in [-0.2, 0) is 19.6 Å². The van der Waals surface area contributed by atoms with E-state index in [-0.39, 0.29) is 10.8 Å². The molecule has 0 saturated heterocycles. The monoisotopic (exact) mass is 506 g/mol. The van der Waals surface area contributed by atoms with E-state index in [1.165, 1.54) is 19.1 Å². The van der Waals surface area contributed by atoms with Crippen molar-refractivity contribution in [2.75, 3.05) is 16.2 Å². The van der Waals surface area contributed by atoms with E-state index < -0.39 is 22.5 Å². The zero-order valence-electron chi connectivity index (χ0n) is 21.0. The molecule has 3 rings (SSSR count). The summed E-state index contributed by atoms with van der Waals surface area (Å²) >= 11 is 0. The van der Waals surface area contributed by atoms with E-state index in [1.807, 2.05) is 26.8 Å². The predicted molar refractivity (Wildman–Crippen MR) is 143 cm³/mol. The fourth-order valence-corrected chi connectivity index (χ4v) is 5.03. The summed E-state index contributed by atoms with van der Waals surface area (Å²) in [5, 5.41) is 6.83. The molecule has 0 aliphatic rings. The molecule has 0 atom stereocenters. The Morgan fingerprint density at radius 2 is 1.42 bits per heavy atom. The lowest BCUT2D eigenvalue weighted by molar-refractivity contribution is -0.119. The summed E-state index contributed by atoms with van der Waals surface area (Å²) in [6.45, 7) is 8.32. The molecule has 0 saturated carbocycles. The molecule has 9 heteroatoms. The van der Waals surface area contributed by atoms with Crippen LogP contribution in [0.4, 0.5) is 11.4 Å². The van der Waals surface area contributed by atoms with Gasteiger partial charge in [0.2, 0.25) is 5.91 Å². The predicted octanol–water partition coefficient (Wildman–Crippen LogP) is 4.31. The summed E-state index contributed by atoms with van der Waals surface area (Å²) in [6.07, 6.45) is 0. The van der Waals surface area contributed by atoms with Gasteiger partial charge in [0.15, 0.2) is 0 Å². The van der Waals surface area contributed by atoms with E-state index in [0.29, 0.717) is 17.1 Å². The molecule has 0 radical (unpaired) electrons. The molecule has 2 N–H and O–H groups in total.